The molecule has 0 aliphatic heterocycles. The van der Waals surface area contributed by atoms with Crippen LogP contribution >= 0.6 is 11.3 Å². The summed E-state index contributed by atoms with van der Waals surface area (Å²) < 4.78 is 0. The van der Waals surface area contributed by atoms with E-state index in [1.165, 1.54) is 36.1 Å². The predicted molar refractivity (Wildman–Crippen MR) is 123 cm³/mol. The highest BCUT2D eigenvalue weighted by molar-refractivity contribution is 7.17. The average Bonchev–Trinajstić information content (AvgIpc) is 3.36. The van der Waals surface area contributed by atoms with E-state index in [1.807, 2.05) is 30.3 Å². The zero-order valence-corrected chi connectivity index (χ0v) is 18.7. The number of carbonyl (C=O) groups is 2. The molecule has 5 aliphatic carbocycles. The summed E-state index contributed by atoms with van der Waals surface area (Å²) in [5, 5.41) is 7.22. The van der Waals surface area contributed by atoms with E-state index in [2.05, 4.69) is 10.6 Å². The monoisotopic (exact) mass is 434 g/mol. The van der Waals surface area contributed by atoms with Crippen molar-refractivity contribution in [1.82, 2.24) is 5.32 Å². The highest BCUT2D eigenvalue weighted by Crippen LogP contribution is 2.65. The van der Waals surface area contributed by atoms with E-state index in [1.54, 1.807) is 11.3 Å². The smallest absolute Gasteiger partial charge is 0.254 e. The van der Waals surface area contributed by atoms with Crippen LogP contribution in [0.1, 0.15) is 71.3 Å². The Labute approximate surface area is 187 Å². The molecule has 5 aliphatic rings. The summed E-state index contributed by atoms with van der Waals surface area (Å²) in [6.45, 7) is 0.507. The average molecular weight is 435 g/mol. The normalized spacial score (nSPS) is 30.3. The largest absolute Gasteiger partial charge is 0.348 e. The Morgan fingerprint density at radius 2 is 1.74 bits per heavy atom. The number of benzene rings is 1. The van der Waals surface area contributed by atoms with Crippen LogP contribution in [0.3, 0.4) is 0 Å². The van der Waals surface area contributed by atoms with Crippen LogP contribution in [0.15, 0.2) is 30.3 Å². The summed E-state index contributed by atoms with van der Waals surface area (Å²) >= 11 is 1.65. The molecule has 2 amide bonds. The highest BCUT2D eigenvalue weighted by atomic mass is 32.1. The predicted octanol–water partition coefficient (Wildman–Crippen LogP) is 5.32. The molecule has 1 heterocycles. The van der Waals surface area contributed by atoms with Gasteiger partial charge in [0, 0.05) is 11.4 Å². The molecule has 2 aromatic rings. The summed E-state index contributed by atoms with van der Waals surface area (Å²) in [5.74, 6) is 2.19. The molecule has 4 nitrogen and oxygen atoms in total. The molecule has 0 saturated heterocycles. The standard InChI is InChI=1S/C26H30N2O2S/c29-23(27-15-16-6-2-1-3-7-16)22-20-8-4-5-9-21(20)31-24(22)28-25(30)26-13-17-10-18(14-26)12-19(26)11-17/h1-3,6-7,17-19H,4-5,8-15H2,(H,27,29)(H,28,30). The molecule has 7 rings (SSSR count). The Morgan fingerprint density at radius 1 is 1.00 bits per heavy atom. The van der Waals surface area contributed by atoms with Gasteiger partial charge in [0.25, 0.3) is 5.91 Å². The van der Waals surface area contributed by atoms with Gasteiger partial charge in [0.05, 0.1) is 11.0 Å². The number of fused-ring (bicyclic) bond motifs is 1. The van der Waals surface area contributed by atoms with Crippen molar-refractivity contribution in [3.05, 3.63) is 51.9 Å². The van der Waals surface area contributed by atoms with Crippen LogP contribution in [0, 0.1) is 23.2 Å². The second-order valence-electron chi connectivity index (χ2n) is 10.2. The molecule has 31 heavy (non-hydrogen) atoms. The zero-order chi connectivity index (χ0) is 21.0. The third-order valence-corrected chi connectivity index (χ3v) is 9.57. The van der Waals surface area contributed by atoms with E-state index in [4.69, 9.17) is 0 Å². The topological polar surface area (TPSA) is 58.2 Å². The fraction of sp³-hybridized carbons (Fsp3) is 0.538. The van der Waals surface area contributed by atoms with Crippen LogP contribution in [-0.2, 0) is 24.2 Å². The van der Waals surface area contributed by atoms with Crippen LogP contribution in [0.25, 0.3) is 0 Å². The van der Waals surface area contributed by atoms with Gasteiger partial charge in [-0.1, -0.05) is 30.3 Å². The minimum Gasteiger partial charge on any atom is -0.348 e. The molecule has 162 valence electrons. The van der Waals surface area contributed by atoms with E-state index in [-0.39, 0.29) is 17.2 Å². The SMILES string of the molecule is O=C(NCc1ccccc1)c1c(NC(=O)C23CC4CC(CC2C4)C3)sc2c1CCCC2. The maximum atomic E-state index is 13.6. The quantitative estimate of drug-likeness (QED) is 0.669. The lowest BCUT2D eigenvalue weighted by molar-refractivity contribution is -0.127. The Morgan fingerprint density at radius 3 is 2.52 bits per heavy atom. The Hall–Kier alpha value is -2.14. The van der Waals surface area contributed by atoms with Crippen molar-refractivity contribution in [2.45, 2.75) is 64.3 Å². The molecule has 4 saturated carbocycles. The zero-order valence-electron chi connectivity index (χ0n) is 17.9. The maximum Gasteiger partial charge on any atom is 0.254 e. The van der Waals surface area contributed by atoms with Crippen LogP contribution in [0.5, 0.6) is 0 Å². The molecule has 2 N–H and O–H groups in total. The van der Waals surface area contributed by atoms with Crippen LogP contribution < -0.4 is 10.6 Å². The lowest BCUT2D eigenvalue weighted by Gasteiger charge is -2.31. The molecule has 2 unspecified atom stereocenters. The van der Waals surface area contributed by atoms with Gasteiger partial charge in [-0.05, 0) is 86.7 Å². The van der Waals surface area contributed by atoms with Crippen LogP contribution in [0.4, 0.5) is 5.00 Å². The minimum atomic E-state index is -0.171. The number of thiophene rings is 1. The fourth-order valence-corrected chi connectivity index (χ4v) is 8.44. The molecule has 0 radical (unpaired) electrons. The minimum absolute atomic E-state index is 0.0479. The van der Waals surface area contributed by atoms with Crippen molar-refractivity contribution < 1.29 is 9.59 Å². The number of nitrogens with one attached hydrogen (secondary N) is 2. The van der Waals surface area contributed by atoms with Gasteiger partial charge in [0.1, 0.15) is 5.00 Å². The third-order valence-electron chi connectivity index (χ3n) is 8.36. The second kappa shape index (κ2) is 7.47. The number of hydrogen-bond donors (Lipinski definition) is 2. The van der Waals surface area contributed by atoms with Crippen molar-refractivity contribution in [2.24, 2.45) is 23.2 Å². The summed E-state index contributed by atoms with van der Waals surface area (Å²) in [7, 11) is 0. The Balaban J connectivity index is 1.26. The number of hydrogen-bond acceptors (Lipinski definition) is 3. The first kappa shape index (κ1) is 19.5. The summed E-state index contributed by atoms with van der Waals surface area (Å²) in [5.41, 5.74) is 2.82. The Bertz CT molecular complexity index is 1010. The van der Waals surface area contributed by atoms with Gasteiger partial charge < -0.3 is 10.6 Å². The molecule has 0 spiro atoms. The summed E-state index contributed by atoms with van der Waals surface area (Å²) in [6, 6.07) is 10.0. The fourth-order valence-electron chi connectivity index (χ4n) is 7.16. The van der Waals surface area contributed by atoms with Crippen molar-refractivity contribution >= 4 is 28.2 Å². The van der Waals surface area contributed by atoms with E-state index >= 15 is 0 Å². The first-order valence-electron chi connectivity index (χ1n) is 11.9. The number of carbonyl (C=O) groups excluding carboxylic acids is 2. The molecular weight excluding hydrogens is 404 g/mol. The molecule has 2 atom stereocenters. The van der Waals surface area contributed by atoms with Crippen molar-refractivity contribution in [3.63, 3.8) is 0 Å². The van der Waals surface area contributed by atoms with Gasteiger partial charge >= 0.3 is 0 Å². The van der Waals surface area contributed by atoms with Gasteiger partial charge in [-0.25, -0.2) is 0 Å². The molecule has 4 bridgehead atoms. The number of aryl methyl sites for hydroxylation is 1. The summed E-state index contributed by atoms with van der Waals surface area (Å²) in [6.07, 6.45) is 10.1. The van der Waals surface area contributed by atoms with Crippen molar-refractivity contribution in [1.29, 1.82) is 0 Å². The highest BCUT2D eigenvalue weighted by Gasteiger charge is 2.61. The second-order valence-corrected chi connectivity index (χ2v) is 11.3. The number of rotatable bonds is 5. The lowest BCUT2D eigenvalue weighted by atomic mass is 9.75. The maximum absolute atomic E-state index is 13.6. The molecular formula is C26H30N2O2S. The van der Waals surface area contributed by atoms with Crippen LogP contribution in [0.2, 0.25) is 0 Å². The van der Waals surface area contributed by atoms with E-state index in [9.17, 15) is 9.59 Å². The van der Waals surface area contributed by atoms with Gasteiger partial charge in [-0.3, -0.25) is 9.59 Å². The van der Waals surface area contributed by atoms with Gasteiger partial charge in [-0.15, -0.1) is 11.3 Å². The van der Waals surface area contributed by atoms with E-state index in [0.29, 0.717) is 12.5 Å². The number of anilines is 1. The van der Waals surface area contributed by atoms with Crippen molar-refractivity contribution in [3.8, 4) is 0 Å². The lowest BCUT2D eigenvalue weighted by Crippen LogP contribution is -2.37. The van der Waals surface area contributed by atoms with E-state index < -0.39 is 0 Å². The van der Waals surface area contributed by atoms with Gasteiger partial charge in [-0.2, -0.15) is 0 Å². The molecule has 5 heteroatoms. The number of amides is 2. The Kier molecular flexibility index (Phi) is 4.71. The summed E-state index contributed by atoms with van der Waals surface area (Å²) in [4.78, 5) is 28.2. The molecule has 1 aromatic carbocycles. The third kappa shape index (κ3) is 3.24. The first-order valence-corrected chi connectivity index (χ1v) is 12.7. The van der Waals surface area contributed by atoms with Gasteiger partial charge in [0.15, 0.2) is 0 Å². The van der Waals surface area contributed by atoms with Gasteiger partial charge in [0.2, 0.25) is 5.91 Å². The molecule has 4 fully saturated rings. The van der Waals surface area contributed by atoms with Crippen molar-refractivity contribution in [2.75, 3.05) is 5.32 Å². The molecule has 1 aromatic heterocycles. The first-order chi connectivity index (χ1) is 15.1. The van der Waals surface area contributed by atoms with E-state index in [0.717, 1.165) is 60.1 Å². The van der Waals surface area contributed by atoms with Crippen LogP contribution in [-0.4, -0.2) is 11.8 Å².